The lowest BCUT2D eigenvalue weighted by Crippen LogP contribution is -2.14. The van der Waals surface area contributed by atoms with Gasteiger partial charge in [0.25, 0.3) is 0 Å². The van der Waals surface area contributed by atoms with Gasteiger partial charge in [-0.3, -0.25) is 0 Å². The van der Waals surface area contributed by atoms with E-state index in [1.807, 2.05) is 12.1 Å². The molecule has 0 aliphatic heterocycles. The number of hydrogen-bond donors (Lipinski definition) is 2. The average molecular weight is 211 g/mol. The van der Waals surface area contributed by atoms with Gasteiger partial charge < -0.3 is 10.1 Å². The second kappa shape index (κ2) is 6.74. The largest absolute Gasteiger partial charge is 0.497 e. The van der Waals surface area contributed by atoms with Crippen molar-refractivity contribution in [1.29, 1.82) is 0 Å². The van der Waals surface area contributed by atoms with Crippen LogP contribution in [0.15, 0.2) is 24.3 Å². The summed E-state index contributed by atoms with van der Waals surface area (Å²) in [5, 5.41) is 3.35. The number of ether oxygens (including phenoxy) is 1. The van der Waals surface area contributed by atoms with Crippen LogP contribution in [0.1, 0.15) is 12.0 Å². The summed E-state index contributed by atoms with van der Waals surface area (Å²) < 4.78 is 5.08. The third-order valence-electron chi connectivity index (χ3n) is 2.00. The van der Waals surface area contributed by atoms with Crippen LogP contribution in [0.3, 0.4) is 0 Å². The predicted octanol–water partition coefficient (Wildman–Crippen LogP) is 2.10. The van der Waals surface area contributed by atoms with Gasteiger partial charge in [-0.15, -0.1) is 0 Å². The van der Waals surface area contributed by atoms with Crippen molar-refractivity contribution >= 4 is 12.6 Å². The lowest BCUT2D eigenvalue weighted by Gasteiger charge is -2.04. The third-order valence-corrected chi connectivity index (χ3v) is 2.32. The zero-order valence-electron chi connectivity index (χ0n) is 8.49. The van der Waals surface area contributed by atoms with Gasteiger partial charge in [-0.2, -0.15) is 12.6 Å². The number of nitrogens with one attached hydrogen (secondary N) is 1. The summed E-state index contributed by atoms with van der Waals surface area (Å²) >= 11 is 4.15. The van der Waals surface area contributed by atoms with E-state index in [1.165, 1.54) is 5.56 Å². The number of hydrogen-bond acceptors (Lipinski definition) is 3. The highest BCUT2D eigenvalue weighted by atomic mass is 32.1. The van der Waals surface area contributed by atoms with E-state index in [-0.39, 0.29) is 0 Å². The summed E-state index contributed by atoms with van der Waals surface area (Å²) in [6, 6.07) is 8.12. The number of methoxy groups -OCH3 is 1. The molecule has 3 heteroatoms. The first-order chi connectivity index (χ1) is 6.86. The fourth-order valence-corrected chi connectivity index (χ4v) is 1.34. The van der Waals surface area contributed by atoms with Crippen LogP contribution < -0.4 is 10.1 Å². The molecule has 1 rings (SSSR count). The molecule has 2 nitrogen and oxygen atoms in total. The molecule has 0 aliphatic rings. The number of thiol groups is 1. The van der Waals surface area contributed by atoms with Gasteiger partial charge in [0.2, 0.25) is 0 Å². The summed E-state index contributed by atoms with van der Waals surface area (Å²) in [5.74, 6) is 1.85. The molecule has 0 saturated heterocycles. The van der Waals surface area contributed by atoms with Crippen molar-refractivity contribution in [3.63, 3.8) is 0 Å². The van der Waals surface area contributed by atoms with Crippen LogP contribution in [0, 0.1) is 0 Å². The molecule has 0 atom stereocenters. The van der Waals surface area contributed by atoms with Crippen molar-refractivity contribution in [2.45, 2.75) is 13.0 Å². The standard InChI is InChI=1S/C11H17NOS/c1-13-11-5-3-10(4-6-11)9-12-7-2-8-14/h3-6,12,14H,2,7-9H2,1H3. The highest BCUT2D eigenvalue weighted by molar-refractivity contribution is 7.80. The minimum atomic E-state index is 0.907. The summed E-state index contributed by atoms with van der Waals surface area (Å²) in [5.41, 5.74) is 1.28. The van der Waals surface area contributed by atoms with E-state index in [0.29, 0.717) is 0 Å². The van der Waals surface area contributed by atoms with Crippen LogP contribution in [0.2, 0.25) is 0 Å². The molecule has 0 aromatic heterocycles. The molecule has 0 fully saturated rings. The smallest absolute Gasteiger partial charge is 0.118 e. The van der Waals surface area contributed by atoms with Crippen LogP contribution in [0.5, 0.6) is 5.75 Å². The maximum absolute atomic E-state index is 5.08. The minimum absolute atomic E-state index is 0.907. The quantitative estimate of drug-likeness (QED) is 0.555. The molecule has 0 aliphatic carbocycles. The van der Waals surface area contributed by atoms with E-state index in [0.717, 1.165) is 31.0 Å². The highest BCUT2D eigenvalue weighted by Gasteiger charge is 1.93. The Morgan fingerprint density at radius 1 is 1.29 bits per heavy atom. The summed E-state index contributed by atoms with van der Waals surface area (Å²) in [6.45, 7) is 1.94. The Morgan fingerprint density at radius 3 is 2.57 bits per heavy atom. The SMILES string of the molecule is COc1ccc(CNCCCS)cc1. The maximum Gasteiger partial charge on any atom is 0.118 e. The first kappa shape index (κ1) is 11.4. The maximum atomic E-state index is 5.08. The summed E-state index contributed by atoms with van der Waals surface area (Å²) in [7, 11) is 1.68. The molecule has 0 radical (unpaired) electrons. The van der Waals surface area contributed by atoms with Crippen molar-refractivity contribution < 1.29 is 4.74 Å². The van der Waals surface area contributed by atoms with Crippen molar-refractivity contribution in [3.8, 4) is 5.75 Å². The van der Waals surface area contributed by atoms with Gasteiger partial charge in [-0.1, -0.05) is 12.1 Å². The molecule has 0 amide bonds. The molecule has 14 heavy (non-hydrogen) atoms. The van der Waals surface area contributed by atoms with Crippen LogP contribution in [0.4, 0.5) is 0 Å². The van der Waals surface area contributed by atoms with Crippen LogP contribution in [0.25, 0.3) is 0 Å². The molecule has 0 bridgehead atoms. The average Bonchev–Trinajstić information content (AvgIpc) is 2.25. The molecule has 1 aromatic rings. The fourth-order valence-electron chi connectivity index (χ4n) is 1.18. The molecule has 0 unspecified atom stereocenters. The summed E-state index contributed by atoms with van der Waals surface area (Å²) in [6.07, 6.45) is 1.11. The highest BCUT2D eigenvalue weighted by Crippen LogP contribution is 2.10. The lowest BCUT2D eigenvalue weighted by molar-refractivity contribution is 0.414. The zero-order chi connectivity index (χ0) is 10.2. The van der Waals surface area contributed by atoms with E-state index in [2.05, 4.69) is 30.1 Å². The first-order valence-electron chi connectivity index (χ1n) is 4.81. The molecule has 0 spiro atoms. The Labute approximate surface area is 91.1 Å². The molecule has 1 N–H and O–H groups in total. The lowest BCUT2D eigenvalue weighted by atomic mass is 10.2. The van der Waals surface area contributed by atoms with Gasteiger partial charge in [-0.25, -0.2) is 0 Å². The van der Waals surface area contributed by atoms with E-state index < -0.39 is 0 Å². The van der Waals surface area contributed by atoms with Gasteiger partial charge >= 0.3 is 0 Å². The van der Waals surface area contributed by atoms with Gasteiger partial charge in [0.05, 0.1) is 7.11 Å². The fraction of sp³-hybridized carbons (Fsp3) is 0.455. The first-order valence-corrected chi connectivity index (χ1v) is 5.44. The van der Waals surface area contributed by atoms with Gasteiger partial charge in [0.15, 0.2) is 0 Å². The second-order valence-electron chi connectivity index (χ2n) is 3.10. The molecule has 1 aromatic carbocycles. The Morgan fingerprint density at radius 2 is 2.00 bits per heavy atom. The Balaban J connectivity index is 2.29. The second-order valence-corrected chi connectivity index (χ2v) is 3.55. The van der Waals surface area contributed by atoms with Gasteiger partial charge in [-0.05, 0) is 36.4 Å². The zero-order valence-corrected chi connectivity index (χ0v) is 9.39. The molecule has 0 heterocycles. The molecule has 0 saturated carbocycles. The van der Waals surface area contributed by atoms with E-state index in [9.17, 15) is 0 Å². The topological polar surface area (TPSA) is 21.3 Å². The summed E-state index contributed by atoms with van der Waals surface area (Å²) in [4.78, 5) is 0. The molecular weight excluding hydrogens is 194 g/mol. The Bertz CT molecular complexity index is 248. The molecular formula is C11H17NOS. The Kier molecular flexibility index (Phi) is 5.49. The van der Waals surface area contributed by atoms with Gasteiger partial charge in [0.1, 0.15) is 5.75 Å². The predicted molar refractivity (Wildman–Crippen MR) is 63.2 cm³/mol. The number of rotatable bonds is 6. The van der Waals surface area contributed by atoms with Crippen molar-refractivity contribution in [3.05, 3.63) is 29.8 Å². The minimum Gasteiger partial charge on any atom is -0.497 e. The van der Waals surface area contributed by atoms with Gasteiger partial charge in [0, 0.05) is 6.54 Å². The van der Waals surface area contributed by atoms with E-state index >= 15 is 0 Å². The van der Waals surface area contributed by atoms with Crippen molar-refractivity contribution in [2.75, 3.05) is 19.4 Å². The van der Waals surface area contributed by atoms with Crippen molar-refractivity contribution in [1.82, 2.24) is 5.32 Å². The third kappa shape index (κ3) is 4.03. The Hall–Kier alpha value is -0.670. The van der Waals surface area contributed by atoms with Crippen LogP contribution in [-0.4, -0.2) is 19.4 Å². The normalized spacial score (nSPS) is 10.1. The van der Waals surface area contributed by atoms with Crippen LogP contribution in [-0.2, 0) is 6.54 Å². The molecule has 78 valence electrons. The van der Waals surface area contributed by atoms with E-state index in [4.69, 9.17) is 4.74 Å². The van der Waals surface area contributed by atoms with E-state index in [1.54, 1.807) is 7.11 Å². The van der Waals surface area contributed by atoms with Crippen LogP contribution >= 0.6 is 12.6 Å². The number of benzene rings is 1. The van der Waals surface area contributed by atoms with Crippen molar-refractivity contribution in [2.24, 2.45) is 0 Å². The monoisotopic (exact) mass is 211 g/mol.